The quantitative estimate of drug-likeness (QED) is 0.625. The molecule has 0 saturated carbocycles. The third-order valence-electron chi connectivity index (χ3n) is 3.53. The molecule has 28 heavy (non-hydrogen) atoms. The summed E-state index contributed by atoms with van der Waals surface area (Å²) in [6.07, 6.45) is -4.60. The summed E-state index contributed by atoms with van der Waals surface area (Å²) < 4.78 is 38.5. The fraction of sp³-hybridized carbons (Fsp3) is 0.353. The first-order valence-electron chi connectivity index (χ1n) is 8.25. The van der Waals surface area contributed by atoms with Crippen LogP contribution in [0.4, 0.5) is 35.3 Å². The van der Waals surface area contributed by atoms with Gasteiger partial charge < -0.3 is 20.9 Å². The van der Waals surface area contributed by atoms with Crippen molar-refractivity contribution >= 4 is 35.0 Å². The fourth-order valence-electron chi connectivity index (χ4n) is 2.23. The highest BCUT2D eigenvalue weighted by atomic mass is 35.5. The summed E-state index contributed by atoms with van der Waals surface area (Å²) in [5.41, 5.74) is -1.02. The number of nitrogens with one attached hydrogen (secondary N) is 3. The summed E-state index contributed by atoms with van der Waals surface area (Å²) in [6.45, 7) is 2.36. The molecule has 0 atom stereocenters. The molecule has 3 N–H and O–H groups in total. The summed E-state index contributed by atoms with van der Waals surface area (Å²) in [5, 5.41) is 7.51. The van der Waals surface area contributed by atoms with Crippen LogP contribution in [-0.2, 0) is 6.18 Å². The van der Waals surface area contributed by atoms with Crippen molar-refractivity contribution in [2.45, 2.75) is 13.1 Å². The van der Waals surface area contributed by atoms with E-state index in [1.807, 2.05) is 19.0 Å². The molecule has 1 heterocycles. The number of nitrogens with zero attached hydrogens (tertiary/aromatic N) is 3. The van der Waals surface area contributed by atoms with Crippen molar-refractivity contribution in [2.75, 3.05) is 42.7 Å². The maximum Gasteiger partial charge on any atom is 0.417 e. The van der Waals surface area contributed by atoms with Crippen LogP contribution in [0.2, 0.25) is 5.02 Å². The average molecular weight is 417 g/mol. The lowest BCUT2D eigenvalue weighted by atomic mass is 10.2. The number of rotatable bonds is 6. The molecule has 0 radical (unpaired) electrons. The minimum atomic E-state index is -4.60. The molecule has 0 fully saturated rings. The zero-order chi connectivity index (χ0) is 20.9. The molecule has 2 aromatic rings. The predicted octanol–water partition coefficient (Wildman–Crippen LogP) is 3.76. The van der Waals surface area contributed by atoms with Gasteiger partial charge in [-0.1, -0.05) is 11.6 Å². The van der Waals surface area contributed by atoms with Gasteiger partial charge in [-0.2, -0.15) is 13.2 Å². The molecule has 0 unspecified atom stereocenters. The molecule has 0 aliphatic heterocycles. The molecule has 1 aromatic heterocycles. The average Bonchev–Trinajstić information content (AvgIpc) is 2.59. The minimum Gasteiger partial charge on any atom is -0.368 e. The number of urea groups is 1. The number of carbonyl (C=O) groups excluding carboxylic acids is 1. The number of carbonyl (C=O) groups is 1. The Morgan fingerprint density at radius 3 is 2.54 bits per heavy atom. The second kappa shape index (κ2) is 8.96. The number of aryl methyl sites for hydroxylation is 1. The van der Waals surface area contributed by atoms with E-state index in [1.54, 1.807) is 13.0 Å². The van der Waals surface area contributed by atoms with Crippen LogP contribution in [0.5, 0.6) is 0 Å². The third-order valence-corrected chi connectivity index (χ3v) is 3.86. The van der Waals surface area contributed by atoms with Gasteiger partial charge in [-0.05, 0) is 25.1 Å². The molecular weight excluding hydrogens is 397 g/mol. The van der Waals surface area contributed by atoms with Crippen LogP contribution in [-0.4, -0.2) is 43.2 Å². The highest BCUT2D eigenvalue weighted by Crippen LogP contribution is 2.36. The molecule has 0 bridgehead atoms. The number of halogens is 4. The van der Waals surface area contributed by atoms with Gasteiger partial charge >= 0.3 is 12.2 Å². The zero-order valence-corrected chi connectivity index (χ0v) is 16.2. The number of aromatic nitrogens is 2. The summed E-state index contributed by atoms with van der Waals surface area (Å²) in [4.78, 5) is 22.2. The summed E-state index contributed by atoms with van der Waals surface area (Å²) >= 11 is 5.55. The molecular formula is C17H20ClF3N6O. The van der Waals surface area contributed by atoms with E-state index in [9.17, 15) is 18.0 Å². The highest BCUT2D eigenvalue weighted by Gasteiger charge is 2.33. The van der Waals surface area contributed by atoms with Crippen LogP contribution in [0.3, 0.4) is 0 Å². The monoisotopic (exact) mass is 416 g/mol. The molecule has 0 aliphatic carbocycles. The Balaban J connectivity index is 1.85. The van der Waals surface area contributed by atoms with Gasteiger partial charge in [0.15, 0.2) is 0 Å². The normalized spacial score (nSPS) is 11.1. The van der Waals surface area contributed by atoms with Crippen LogP contribution in [0.1, 0.15) is 11.4 Å². The lowest BCUT2D eigenvalue weighted by Crippen LogP contribution is -2.32. The van der Waals surface area contributed by atoms with Crippen molar-refractivity contribution in [1.29, 1.82) is 0 Å². The molecule has 0 saturated heterocycles. The molecule has 2 amide bonds. The SMILES string of the molecule is Cc1nc(NCCNC(=O)Nc2ccc(Cl)c(C(F)(F)F)c2)cc(N(C)C)n1. The number of anilines is 3. The topological polar surface area (TPSA) is 82.2 Å². The van der Waals surface area contributed by atoms with E-state index in [4.69, 9.17) is 11.6 Å². The van der Waals surface area contributed by atoms with Gasteiger partial charge in [-0.3, -0.25) is 0 Å². The summed E-state index contributed by atoms with van der Waals surface area (Å²) in [5.74, 6) is 1.94. The van der Waals surface area contributed by atoms with Gasteiger partial charge in [0.25, 0.3) is 0 Å². The van der Waals surface area contributed by atoms with Crippen LogP contribution < -0.4 is 20.9 Å². The first-order chi connectivity index (χ1) is 13.1. The van der Waals surface area contributed by atoms with E-state index in [-0.39, 0.29) is 12.2 Å². The number of benzene rings is 1. The smallest absolute Gasteiger partial charge is 0.368 e. The van der Waals surface area contributed by atoms with Crippen molar-refractivity contribution in [3.8, 4) is 0 Å². The van der Waals surface area contributed by atoms with Crippen molar-refractivity contribution in [2.24, 2.45) is 0 Å². The summed E-state index contributed by atoms with van der Waals surface area (Å²) in [6, 6.07) is 4.29. The number of amides is 2. The number of hydrogen-bond acceptors (Lipinski definition) is 5. The largest absolute Gasteiger partial charge is 0.417 e. The Hall–Kier alpha value is -2.75. The van der Waals surface area contributed by atoms with E-state index in [0.29, 0.717) is 18.2 Å². The first kappa shape index (κ1) is 21.5. The fourth-order valence-corrected chi connectivity index (χ4v) is 2.46. The van der Waals surface area contributed by atoms with Gasteiger partial charge in [0, 0.05) is 38.9 Å². The van der Waals surface area contributed by atoms with E-state index in [0.717, 1.165) is 18.0 Å². The van der Waals surface area contributed by atoms with E-state index < -0.39 is 22.8 Å². The van der Waals surface area contributed by atoms with Crippen molar-refractivity contribution in [3.05, 3.63) is 40.7 Å². The second-order valence-electron chi connectivity index (χ2n) is 6.05. The van der Waals surface area contributed by atoms with Crippen molar-refractivity contribution < 1.29 is 18.0 Å². The lowest BCUT2D eigenvalue weighted by Gasteiger charge is -2.14. The first-order valence-corrected chi connectivity index (χ1v) is 8.62. The molecule has 0 aliphatic rings. The Bertz CT molecular complexity index is 844. The maximum atomic E-state index is 12.8. The molecule has 2 rings (SSSR count). The minimum absolute atomic E-state index is 0.00997. The van der Waals surface area contributed by atoms with Gasteiger partial charge in [-0.15, -0.1) is 0 Å². The Kier molecular flexibility index (Phi) is 6.90. The zero-order valence-electron chi connectivity index (χ0n) is 15.5. The standard InChI is InChI=1S/C17H20ClF3N6O/c1-10-24-14(9-15(25-10)27(2)3)22-6-7-23-16(28)26-11-4-5-13(18)12(8-11)17(19,20)21/h4-5,8-9H,6-7H2,1-3H3,(H,22,24,25)(H2,23,26,28). The number of hydrogen-bond donors (Lipinski definition) is 3. The Morgan fingerprint density at radius 2 is 1.89 bits per heavy atom. The Labute approximate surface area is 165 Å². The van der Waals surface area contributed by atoms with Crippen LogP contribution in [0, 0.1) is 6.92 Å². The molecule has 152 valence electrons. The maximum absolute atomic E-state index is 12.8. The van der Waals surface area contributed by atoms with Gasteiger partial charge in [-0.25, -0.2) is 14.8 Å². The van der Waals surface area contributed by atoms with Gasteiger partial charge in [0.05, 0.1) is 10.6 Å². The molecule has 11 heteroatoms. The highest BCUT2D eigenvalue weighted by molar-refractivity contribution is 6.31. The van der Waals surface area contributed by atoms with Gasteiger partial charge in [0.2, 0.25) is 0 Å². The van der Waals surface area contributed by atoms with E-state index in [1.165, 1.54) is 6.07 Å². The van der Waals surface area contributed by atoms with Crippen molar-refractivity contribution in [3.63, 3.8) is 0 Å². The van der Waals surface area contributed by atoms with Crippen molar-refractivity contribution in [1.82, 2.24) is 15.3 Å². The Morgan fingerprint density at radius 1 is 1.18 bits per heavy atom. The van der Waals surface area contributed by atoms with E-state index >= 15 is 0 Å². The van der Waals surface area contributed by atoms with Gasteiger partial charge in [0.1, 0.15) is 17.5 Å². The van der Waals surface area contributed by atoms with Crippen LogP contribution >= 0.6 is 11.6 Å². The molecule has 1 aromatic carbocycles. The number of alkyl halides is 3. The predicted molar refractivity (Wildman–Crippen MR) is 103 cm³/mol. The van der Waals surface area contributed by atoms with E-state index in [2.05, 4.69) is 25.9 Å². The molecule has 0 spiro atoms. The lowest BCUT2D eigenvalue weighted by molar-refractivity contribution is -0.137. The molecule has 7 nitrogen and oxygen atoms in total. The second-order valence-corrected chi connectivity index (χ2v) is 6.46. The van der Waals surface area contributed by atoms with Crippen LogP contribution in [0.25, 0.3) is 0 Å². The van der Waals surface area contributed by atoms with Crippen LogP contribution in [0.15, 0.2) is 24.3 Å². The third kappa shape index (κ3) is 6.15. The summed E-state index contributed by atoms with van der Waals surface area (Å²) in [7, 11) is 3.72.